The zero-order valence-corrected chi connectivity index (χ0v) is 21.3. The van der Waals surface area contributed by atoms with E-state index in [2.05, 4.69) is 39.6 Å². The predicted molar refractivity (Wildman–Crippen MR) is 134 cm³/mol. The van der Waals surface area contributed by atoms with Crippen LogP contribution in [-0.2, 0) is 4.79 Å². The molecular formula is C25H48FN7O. The van der Waals surface area contributed by atoms with E-state index in [4.69, 9.17) is 11.5 Å². The van der Waals surface area contributed by atoms with Crippen molar-refractivity contribution in [2.24, 2.45) is 22.8 Å². The maximum Gasteiger partial charge on any atom is 0.227 e. The van der Waals surface area contributed by atoms with Crippen molar-refractivity contribution in [3.05, 3.63) is 0 Å². The lowest BCUT2D eigenvalue weighted by atomic mass is 9.61. The van der Waals surface area contributed by atoms with Gasteiger partial charge in [-0.1, -0.05) is 6.42 Å². The summed E-state index contributed by atoms with van der Waals surface area (Å²) in [6.45, 7) is 10.7. The molecule has 7 N–H and O–H groups in total. The van der Waals surface area contributed by atoms with Crippen LogP contribution in [0.5, 0.6) is 0 Å². The fourth-order valence-corrected chi connectivity index (χ4v) is 6.79. The van der Waals surface area contributed by atoms with E-state index in [0.29, 0.717) is 18.5 Å². The molecule has 8 nitrogen and oxygen atoms in total. The summed E-state index contributed by atoms with van der Waals surface area (Å²) in [6, 6.07) is 0.709. The van der Waals surface area contributed by atoms with Crippen molar-refractivity contribution in [1.29, 1.82) is 0 Å². The van der Waals surface area contributed by atoms with Crippen molar-refractivity contribution in [3.8, 4) is 0 Å². The van der Waals surface area contributed by atoms with Crippen LogP contribution >= 0.6 is 0 Å². The molecule has 1 spiro atoms. The predicted octanol–water partition coefficient (Wildman–Crippen LogP) is 0.369. The van der Waals surface area contributed by atoms with E-state index in [0.717, 1.165) is 71.4 Å². The lowest BCUT2D eigenvalue weighted by Gasteiger charge is -2.48. The number of carbonyl (C=O) groups excluding carboxylic acids is 1. The third-order valence-corrected chi connectivity index (χ3v) is 9.13. The highest BCUT2D eigenvalue weighted by Crippen LogP contribution is 2.50. The Morgan fingerprint density at radius 1 is 1.09 bits per heavy atom. The number of piperazine rings is 1. The highest BCUT2D eigenvalue weighted by atomic mass is 19.1. The highest BCUT2D eigenvalue weighted by molar-refractivity contribution is 5.80. The Kier molecular flexibility index (Phi) is 8.85. The van der Waals surface area contributed by atoms with E-state index in [9.17, 15) is 9.18 Å². The van der Waals surface area contributed by atoms with Gasteiger partial charge in [0.1, 0.15) is 6.17 Å². The van der Waals surface area contributed by atoms with Crippen molar-refractivity contribution < 1.29 is 9.18 Å². The van der Waals surface area contributed by atoms with Gasteiger partial charge in [-0.05, 0) is 64.3 Å². The molecule has 4 aliphatic rings. The van der Waals surface area contributed by atoms with Crippen LogP contribution in [0.25, 0.3) is 0 Å². The molecule has 0 bridgehead atoms. The zero-order chi connectivity index (χ0) is 24.3. The quantitative estimate of drug-likeness (QED) is 0.349. The molecule has 3 aliphatic heterocycles. The second-order valence-electron chi connectivity index (χ2n) is 11.7. The van der Waals surface area contributed by atoms with Crippen LogP contribution in [0, 0.1) is 11.3 Å². The van der Waals surface area contributed by atoms with Gasteiger partial charge in [0.15, 0.2) is 0 Å². The number of hydrogen-bond donors (Lipinski definition) is 5. The summed E-state index contributed by atoms with van der Waals surface area (Å²) in [5.74, 6) is -0.652. The van der Waals surface area contributed by atoms with Crippen molar-refractivity contribution in [3.63, 3.8) is 0 Å². The molecule has 5 unspecified atom stereocenters. The van der Waals surface area contributed by atoms with Gasteiger partial charge in [0, 0.05) is 57.4 Å². The van der Waals surface area contributed by atoms with Gasteiger partial charge < -0.3 is 27.4 Å². The molecule has 4 fully saturated rings. The topological polar surface area (TPSA) is 112 Å². The first-order chi connectivity index (χ1) is 16.3. The Morgan fingerprint density at radius 3 is 2.44 bits per heavy atom. The van der Waals surface area contributed by atoms with Crippen molar-refractivity contribution in [1.82, 2.24) is 25.8 Å². The van der Waals surface area contributed by atoms with E-state index in [1.165, 1.54) is 6.42 Å². The first-order valence-electron chi connectivity index (χ1n) is 13.7. The SMILES string of the molecule is CC(C)N1CCN(C2CCNCC2NC(=O)C(C(N)N)C2CC3(CCC3)CCC(F)CN2)CC1. The van der Waals surface area contributed by atoms with E-state index in [1.807, 2.05) is 0 Å². The lowest BCUT2D eigenvalue weighted by Crippen LogP contribution is -2.66. The van der Waals surface area contributed by atoms with Crippen molar-refractivity contribution in [2.45, 2.75) is 95.3 Å². The third kappa shape index (κ3) is 6.10. The molecule has 0 aromatic rings. The van der Waals surface area contributed by atoms with Gasteiger partial charge in [-0.15, -0.1) is 0 Å². The van der Waals surface area contributed by atoms with E-state index in [-0.39, 0.29) is 30.0 Å². The van der Waals surface area contributed by atoms with Crippen molar-refractivity contribution >= 4 is 5.91 Å². The fourth-order valence-electron chi connectivity index (χ4n) is 6.79. The number of piperidine rings is 1. The molecule has 4 rings (SSSR count). The number of rotatable bonds is 6. The molecule has 0 aromatic heterocycles. The average Bonchev–Trinajstić information content (AvgIpc) is 2.77. The molecule has 1 saturated carbocycles. The maximum absolute atomic E-state index is 14.4. The number of alkyl halides is 1. The molecule has 3 saturated heterocycles. The molecule has 9 heteroatoms. The van der Waals surface area contributed by atoms with Crippen LogP contribution in [0.1, 0.15) is 58.8 Å². The van der Waals surface area contributed by atoms with E-state index in [1.54, 1.807) is 0 Å². The summed E-state index contributed by atoms with van der Waals surface area (Å²) >= 11 is 0. The van der Waals surface area contributed by atoms with Gasteiger partial charge in [0.05, 0.1) is 18.1 Å². The first-order valence-corrected chi connectivity index (χ1v) is 13.7. The zero-order valence-electron chi connectivity index (χ0n) is 21.3. The number of hydrogen-bond acceptors (Lipinski definition) is 7. The Bertz CT molecular complexity index is 666. The Morgan fingerprint density at radius 2 is 1.82 bits per heavy atom. The third-order valence-electron chi connectivity index (χ3n) is 9.13. The minimum absolute atomic E-state index is 0.0215. The Hall–Kier alpha value is -0.840. The van der Waals surface area contributed by atoms with Gasteiger partial charge in [0.25, 0.3) is 0 Å². The molecule has 1 aliphatic carbocycles. The smallest absolute Gasteiger partial charge is 0.227 e. The number of nitrogens with one attached hydrogen (secondary N) is 3. The van der Waals surface area contributed by atoms with Crippen LogP contribution in [-0.4, -0.2) is 98.0 Å². The van der Waals surface area contributed by atoms with Gasteiger partial charge >= 0.3 is 0 Å². The number of nitrogens with zero attached hydrogens (tertiary/aromatic N) is 2. The monoisotopic (exact) mass is 481 g/mol. The molecule has 3 heterocycles. The largest absolute Gasteiger partial charge is 0.350 e. The second-order valence-corrected chi connectivity index (χ2v) is 11.7. The normalized spacial score (nSPS) is 34.4. The van der Waals surface area contributed by atoms with Crippen LogP contribution in [0.2, 0.25) is 0 Å². The number of carbonyl (C=O) groups is 1. The lowest BCUT2D eigenvalue weighted by molar-refractivity contribution is -0.129. The summed E-state index contributed by atoms with van der Waals surface area (Å²) < 4.78 is 14.4. The summed E-state index contributed by atoms with van der Waals surface area (Å²) in [5.41, 5.74) is 12.6. The summed E-state index contributed by atoms with van der Waals surface area (Å²) in [6.07, 6.45) is 5.13. The molecule has 0 radical (unpaired) electrons. The molecule has 5 atom stereocenters. The number of halogens is 1. The van der Waals surface area contributed by atoms with Crippen LogP contribution in [0.15, 0.2) is 0 Å². The second kappa shape index (κ2) is 11.5. The minimum Gasteiger partial charge on any atom is -0.350 e. The Labute approximate surface area is 205 Å². The van der Waals surface area contributed by atoms with Gasteiger partial charge in [-0.2, -0.15) is 0 Å². The highest BCUT2D eigenvalue weighted by Gasteiger charge is 2.45. The van der Waals surface area contributed by atoms with Gasteiger partial charge in [-0.3, -0.25) is 14.6 Å². The van der Waals surface area contributed by atoms with Crippen molar-refractivity contribution in [2.75, 3.05) is 45.8 Å². The van der Waals surface area contributed by atoms with E-state index >= 15 is 0 Å². The maximum atomic E-state index is 14.4. The molecule has 196 valence electrons. The molecule has 1 amide bonds. The number of amides is 1. The average molecular weight is 482 g/mol. The standard InChI is InChI=1S/C25H48FN7O/c1-17(2)32-10-12-33(13-11-32)21-5-9-29-16-20(21)31-24(34)22(23(27)28)19-14-25(6-3-7-25)8-4-18(26)15-30-19/h17-23,29-30H,3-16,27-28H2,1-2H3,(H,31,34). The van der Waals surface area contributed by atoms with Gasteiger partial charge in [-0.25, -0.2) is 4.39 Å². The Balaban J connectivity index is 1.42. The number of nitrogens with two attached hydrogens (primary N) is 2. The summed E-state index contributed by atoms with van der Waals surface area (Å²) in [5, 5.41) is 10.2. The van der Waals surface area contributed by atoms with Crippen LogP contribution in [0.4, 0.5) is 4.39 Å². The summed E-state index contributed by atoms with van der Waals surface area (Å²) in [4.78, 5) is 18.7. The first kappa shape index (κ1) is 26.2. The molecule has 0 aromatic carbocycles. The minimum atomic E-state index is -0.880. The molecular weight excluding hydrogens is 433 g/mol. The van der Waals surface area contributed by atoms with Crippen LogP contribution < -0.4 is 27.4 Å². The summed E-state index contributed by atoms with van der Waals surface area (Å²) in [7, 11) is 0. The van der Waals surface area contributed by atoms with E-state index < -0.39 is 18.3 Å². The molecule has 34 heavy (non-hydrogen) atoms. The fraction of sp³-hybridized carbons (Fsp3) is 0.960. The van der Waals surface area contributed by atoms with Crippen LogP contribution in [0.3, 0.4) is 0 Å². The van der Waals surface area contributed by atoms with Gasteiger partial charge in [0.2, 0.25) is 5.91 Å².